The Morgan fingerprint density at radius 1 is 1.00 bits per heavy atom. The summed E-state index contributed by atoms with van der Waals surface area (Å²) in [5, 5.41) is 3.24. The van der Waals surface area contributed by atoms with Crippen molar-refractivity contribution < 1.29 is 8.78 Å². The molecule has 0 saturated heterocycles. The maximum absolute atomic E-state index is 13.3. The van der Waals surface area contributed by atoms with Crippen molar-refractivity contribution in [1.29, 1.82) is 0 Å². The number of hydrogen-bond acceptors (Lipinski definition) is 1. The molecule has 2 aromatic carbocycles. The van der Waals surface area contributed by atoms with Gasteiger partial charge in [-0.1, -0.05) is 25.1 Å². The van der Waals surface area contributed by atoms with Gasteiger partial charge in [-0.15, -0.1) is 0 Å². The van der Waals surface area contributed by atoms with Gasteiger partial charge in [-0.05, 0) is 53.9 Å². The van der Waals surface area contributed by atoms with Crippen LogP contribution in [0.3, 0.4) is 0 Å². The molecule has 0 radical (unpaired) electrons. The van der Waals surface area contributed by atoms with Crippen LogP contribution in [0.1, 0.15) is 18.9 Å². The summed E-state index contributed by atoms with van der Waals surface area (Å²) in [7, 11) is 0. The third-order valence-corrected chi connectivity index (χ3v) is 2.95. The molecular weight excluding hydrogens is 244 g/mol. The van der Waals surface area contributed by atoms with Crippen molar-refractivity contribution >= 4 is 0 Å². The fraction of sp³-hybridized carbons (Fsp3) is 0.250. The molecule has 0 aliphatic carbocycles. The zero-order chi connectivity index (χ0) is 13.7. The lowest BCUT2D eigenvalue weighted by Crippen LogP contribution is -2.14. The highest BCUT2D eigenvalue weighted by molar-refractivity contribution is 5.67. The third-order valence-electron chi connectivity index (χ3n) is 2.95. The first-order chi connectivity index (χ1) is 9.20. The molecule has 0 atom stereocenters. The minimum absolute atomic E-state index is 0.270. The van der Waals surface area contributed by atoms with Crippen molar-refractivity contribution in [2.24, 2.45) is 0 Å². The van der Waals surface area contributed by atoms with Gasteiger partial charge in [0.2, 0.25) is 0 Å². The first-order valence-corrected chi connectivity index (χ1v) is 6.46. The highest BCUT2D eigenvalue weighted by Crippen LogP contribution is 2.25. The standard InChI is InChI=1S/C16H17F2N/c1-2-8-19-11-13-10-15(18)6-7-16(13)12-4-3-5-14(17)9-12/h3-7,9-10,19H,2,8,11H2,1H3. The molecule has 19 heavy (non-hydrogen) atoms. The Labute approximate surface area is 112 Å². The summed E-state index contributed by atoms with van der Waals surface area (Å²) in [6.45, 7) is 3.53. The normalized spacial score (nSPS) is 10.7. The van der Waals surface area contributed by atoms with Crippen molar-refractivity contribution in [3.63, 3.8) is 0 Å². The maximum Gasteiger partial charge on any atom is 0.123 e. The fourth-order valence-electron chi connectivity index (χ4n) is 2.05. The fourth-order valence-corrected chi connectivity index (χ4v) is 2.05. The SMILES string of the molecule is CCCNCc1cc(F)ccc1-c1cccc(F)c1. The molecular formula is C16H17F2N. The average Bonchev–Trinajstić information content (AvgIpc) is 2.39. The Kier molecular flexibility index (Phi) is 4.63. The van der Waals surface area contributed by atoms with Crippen LogP contribution >= 0.6 is 0 Å². The van der Waals surface area contributed by atoms with Crippen molar-refractivity contribution in [2.75, 3.05) is 6.54 Å². The van der Waals surface area contributed by atoms with E-state index in [2.05, 4.69) is 12.2 Å². The minimum Gasteiger partial charge on any atom is -0.313 e. The smallest absolute Gasteiger partial charge is 0.123 e. The van der Waals surface area contributed by atoms with E-state index < -0.39 is 0 Å². The Balaban J connectivity index is 2.33. The van der Waals surface area contributed by atoms with E-state index >= 15 is 0 Å². The molecule has 3 heteroatoms. The lowest BCUT2D eigenvalue weighted by Gasteiger charge is -2.11. The molecule has 2 rings (SSSR count). The zero-order valence-electron chi connectivity index (χ0n) is 10.9. The van der Waals surface area contributed by atoms with Crippen LogP contribution in [0.5, 0.6) is 0 Å². The molecule has 1 N–H and O–H groups in total. The number of benzene rings is 2. The van der Waals surface area contributed by atoms with Gasteiger partial charge in [-0.2, -0.15) is 0 Å². The second-order valence-corrected chi connectivity index (χ2v) is 4.49. The lowest BCUT2D eigenvalue weighted by atomic mass is 9.99. The number of nitrogens with one attached hydrogen (secondary N) is 1. The summed E-state index contributed by atoms with van der Waals surface area (Å²) in [6, 6.07) is 11.0. The van der Waals surface area contributed by atoms with Crippen LogP contribution in [0.2, 0.25) is 0 Å². The van der Waals surface area contributed by atoms with Gasteiger partial charge in [-0.25, -0.2) is 8.78 Å². The number of hydrogen-bond donors (Lipinski definition) is 1. The van der Waals surface area contributed by atoms with Crippen molar-refractivity contribution in [1.82, 2.24) is 5.32 Å². The van der Waals surface area contributed by atoms with Crippen molar-refractivity contribution in [3.8, 4) is 11.1 Å². The molecule has 1 nitrogen and oxygen atoms in total. The summed E-state index contributed by atoms with van der Waals surface area (Å²) in [5.74, 6) is -0.553. The van der Waals surface area contributed by atoms with Crippen LogP contribution < -0.4 is 5.32 Å². The van der Waals surface area contributed by atoms with E-state index in [0.717, 1.165) is 29.7 Å². The van der Waals surface area contributed by atoms with Crippen LogP contribution in [0.25, 0.3) is 11.1 Å². The Bertz CT molecular complexity index is 552. The van der Waals surface area contributed by atoms with Crippen molar-refractivity contribution in [3.05, 3.63) is 59.7 Å². The molecule has 2 aromatic rings. The van der Waals surface area contributed by atoms with Crippen LogP contribution in [0.15, 0.2) is 42.5 Å². The first-order valence-electron chi connectivity index (χ1n) is 6.46. The zero-order valence-corrected chi connectivity index (χ0v) is 10.9. The summed E-state index contributed by atoms with van der Waals surface area (Å²) < 4.78 is 26.6. The summed E-state index contributed by atoms with van der Waals surface area (Å²) in [4.78, 5) is 0. The van der Waals surface area contributed by atoms with Crippen LogP contribution in [0, 0.1) is 11.6 Å². The van der Waals surface area contributed by atoms with Gasteiger partial charge in [0.15, 0.2) is 0 Å². The van der Waals surface area contributed by atoms with Crippen LogP contribution in [-0.2, 0) is 6.54 Å². The number of rotatable bonds is 5. The Morgan fingerprint density at radius 2 is 1.79 bits per heavy atom. The molecule has 0 aliphatic rings. The van der Waals surface area contributed by atoms with E-state index in [1.807, 2.05) is 6.07 Å². The summed E-state index contributed by atoms with van der Waals surface area (Å²) in [5.41, 5.74) is 2.48. The summed E-state index contributed by atoms with van der Waals surface area (Å²) >= 11 is 0. The molecule has 0 heterocycles. The Morgan fingerprint density at radius 3 is 2.53 bits per heavy atom. The average molecular weight is 261 g/mol. The third kappa shape index (κ3) is 3.61. The predicted molar refractivity (Wildman–Crippen MR) is 73.8 cm³/mol. The second-order valence-electron chi connectivity index (χ2n) is 4.49. The van der Waals surface area contributed by atoms with Crippen LogP contribution in [-0.4, -0.2) is 6.54 Å². The second kappa shape index (κ2) is 6.43. The molecule has 0 unspecified atom stereocenters. The highest BCUT2D eigenvalue weighted by atomic mass is 19.1. The molecule has 0 saturated carbocycles. The minimum atomic E-state index is -0.283. The van der Waals surface area contributed by atoms with Gasteiger partial charge in [-0.3, -0.25) is 0 Å². The lowest BCUT2D eigenvalue weighted by molar-refractivity contribution is 0.619. The van der Waals surface area contributed by atoms with Gasteiger partial charge < -0.3 is 5.32 Å². The quantitative estimate of drug-likeness (QED) is 0.798. The van der Waals surface area contributed by atoms with E-state index in [-0.39, 0.29) is 11.6 Å². The molecule has 0 aromatic heterocycles. The van der Waals surface area contributed by atoms with Gasteiger partial charge in [0.05, 0.1) is 0 Å². The van der Waals surface area contributed by atoms with Crippen molar-refractivity contribution in [2.45, 2.75) is 19.9 Å². The Hall–Kier alpha value is -1.74. The molecule has 0 amide bonds. The molecule has 100 valence electrons. The largest absolute Gasteiger partial charge is 0.313 e. The van der Waals surface area contributed by atoms with E-state index in [4.69, 9.17) is 0 Å². The van der Waals surface area contributed by atoms with Gasteiger partial charge in [0.1, 0.15) is 11.6 Å². The van der Waals surface area contributed by atoms with Gasteiger partial charge in [0.25, 0.3) is 0 Å². The number of halogens is 2. The molecule has 0 fully saturated rings. The van der Waals surface area contributed by atoms with E-state index in [1.54, 1.807) is 12.1 Å². The van der Waals surface area contributed by atoms with Gasteiger partial charge in [0, 0.05) is 6.54 Å². The topological polar surface area (TPSA) is 12.0 Å². The van der Waals surface area contributed by atoms with E-state index in [0.29, 0.717) is 6.54 Å². The molecule has 0 spiro atoms. The summed E-state index contributed by atoms with van der Waals surface area (Å²) in [6.07, 6.45) is 1.02. The van der Waals surface area contributed by atoms with Crippen LogP contribution in [0.4, 0.5) is 8.78 Å². The van der Waals surface area contributed by atoms with E-state index in [1.165, 1.54) is 24.3 Å². The maximum atomic E-state index is 13.3. The monoisotopic (exact) mass is 261 g/mol. The molecule has 0 bridgehead atoms. The molecule has 0 aliphatic heterocycles. The highest BCUT2D eigenvalue weighted by Gasteiger charge is 2.07. The first kappa shape index (κ1) is 13.7. The van der Waals surface area contributed by atoms with E-state index in [9.17, 15) is 8.78 Å². The van der Waals surface area contributed by atoms with Gasteiger partial charge >= 0.3 is 0 Å². The predicted octanol–water partition coefficient (Wildman–Crippen LogP) is 4.13.